The van der Waals surface area contributed by atoms with Gasteiger partial charge in [0.15, 0.2) is 0 Å². The number of piperidine rings is 1. The van der Waals surface area contributed by atoms with Gasteiger partial charge < -0.3 is 10.0 Å². The zero-order valence-electron chi connectivity index (χ0n) is 17.4. The van der Waals surface area contributed by atoms with Gasteiger partial charge in [0.05, 0.1) is 5.56 Å². The molecule has 0 saturated carbocycles. The minimum Gasteiger partial charge on any atom is -0.478 e. The molecule has 1 amide bonds. The van der Waals surface area contributed by atoms with Gasteiger partial charge in [-0.1, -0.05) is 50.2 Å². The molecule has 3 rings (SSSR count). The van der Waals surface area contributed by atoms with Crippen LogP contribution in [0.25, 0.3) is 6.08 Å². The molecule has 4 heteroatoms. The van der Waals surface area contributed by atoms with Gasteiger partial charge in [-0.3, -0.25) is 4.79 Å². The molecule has 152 valence electrons. The molecule has 1 atom stereocenters. The predicted octanol–water partition coefficient (Wildman–Crippen LogP) is 5.24. The smallest absolute Gasteiger partial charge is 0.335 e. The zero-order chi connectivity index (χ0) is 21.0. The Morgan fingerprint density at radius 1 is 1.14 bits per heavy atom. The third-order valence-electron chi connectivity index (χ3n) is 5.72. The molecule has 4 nitrogen and oxygen atoms in total. The number of amides is 1. The average molecular weight is 392 g/mol. The van der Waals surface area contributed by atoms with Gasteiger partial charge in [-0.05, 0) is 60.1 Å². The van der Waals surface area contributed by atoms with Gasteiger partial charge in [0, 0.05) is 25.1 Å². The third-order valence-corrected chi connectivity index (χ3v) is 5.72. The summed E-state index contributed by atoms with van der Waals surface area (Å²) in [6.45, 7) is 7.49. The molecule has 0 aromatic heterocycles. The van der Waals surface area contributed by atoms with Crippen molar-refractivity contribution < 1.29 is 14.7 Å². The highest BCUT2D eigenvalue weighted by Gasteiger charge is 2.24. The Kier molecular flexibility index (Phi) is 6.53. The zero-order valence-corrected chi connectivity index (χ0v) is 17.4. The number of hydrogen-bond donors (Lipinski definition) is 1. The SMILES string of the molecule is Cc1ccc(C2CCCN(C(=O)/C=C/c3ccc(C(C)C)cc3)C2)cc1C(=O)O. The second-order valence-electron chi connectivity index (χ2n) is 8.16. The molecule has 1 saturated heterocycles. The van der Waals surface area contributed by atoms with Crippen molar-refractivity contribution in [1.29, 1.82) is 0 Å². The minimum absolute atomic E-state index is 0.00760. The van der Waals surface area contributed by atoms with E-state index in [4.69, 9.17) is 0 Å². The average Bonchev–Trinajstić information content (AvgIpc) is 2.72. The second kappa shape index (κ2) is 9.08. The van der Waals surface area contributed by atoms with Crippen molar-refractivity contribution in [3.63, 3.8) is 0 Å². The number of aryl methyl sites for hydroxylation is 1. The van der Waals surface area contributed by atoms with Crippen LogP contribution in [0.4, 0.5) is 0 Å². The predicted molar refractivity (Wildman–Crippen MR) is 116 cm³/mol. The van der Waals surface area contributed by atoms with Gasteiger partial charge in [0.2, 0.25) is 5.91 Å². The fourth-order valence-electron chi connectivity index (χ4n) is 3.84. The number of likely N-dealkylation sites (tertiary alicyclic amines) is 1. The van der Waals surface area contributed by atoms with Crippen molar-refractivity contribution >= 4 is 18.0 Å². The summed E-state index contributed by atoms with van der Waals surface area (Å²) in [5.74, 6) is -0.235. The number of nitrogens with zero attached hydrogens (tertiary/aromatic N) is 1. The molecule has 2 aromatic rings. The van der Waals surface area contributed by atoms with E-state index in [1.165, 1.54) is 5.56 Å². The van der Waals surface area contributed by atoms with E-state index in [0.29, 0.717) is 18.0 Å². The Balaban J connectivity index is 1.68. The molecule has 0 radical (unpaired) electrons. The van der Waals surface area contributed by atoms with Crippen molar-refractivity contribution in [3.8, 4) is 0 Å². The molecule has 1 aliphatic heterocycles. The van der Waals surface area contributed by atoms with E-state index in [2.05, 4.69) is 26.0 Å². The van der Waals surface area contributed by atoms with Crippen molar-refractivity contribution in [2.45, 2.75) is 45.4 Å². The Morgan fingerprint density at radius 3 is 2.52 bits per heavy atom. The molecule has 2 aromatic carbocycles. The fourth-order valence-corrected chi connectivity index (χ4v) is 3.84. The Labute approximate surface area is 172 Å². The maximum absolute atomic E-state index is 12.7. The van der Waals surface area contributed by atoms with Crippen LogP contribution in [0.1, 0.15) is 71.1 Å². The van der Waals surface area contributed by atoms with Crippen molar-refractivity contribution in [3.05, 3.63) is 76.4 Å². The van der Waals surface area contributed by atoms with E-state index >= 15 is 0 Å². The minimum atomic E-state index is -0.903. The largest absolute Gasteiger partial charge is 0.478 e. The highest BCUT2D eigenvalue weighted by atomic mass is 16.4. The van der Waals surface area contributed by atoms with Gasteiger partial charge in [-0.25, -0.2) is 4.79 Å². The lowest BCUT2D eigenvalue weighted by atomic mass is 9.88. The van der Waals surface area contributed by atoms with Gasteiger partial charge in [-0.2, -0.15) is 0 Å². The molecule has 29 heavy (non-hydrogen) atoms. The first-order chi connectivity index (χ1) is 13.8. The number of benzene rings is 2. The van der Waals surface area contributed by atoms with Crippen LogP contribution in [-0.2, 0) is 4.79 Å². The van der Waals surface area contributed by atoms with Gasteiger partial charge in [0.25, 0.3) is 0 Å². The van der Waals surface area contributed by atoms with E-state index in [1.807, 2.05) is 42.2 Å². The number of carbonyl (C=O) groups excluding carboxylic acids is 1. The van der Waals surface area contributed by atoms with Gasteiger partial charge >= 0.3 is 5.97 Å². The van der Waals surface area contributed by atoms with Crippen LogP contribution < -0.4 is 0 Å². The molecular weight excluding hydrogens is 362 g/mol. The second-order valence-corrected chi connectivity index (χ2v) is 8.16. The molecule has 1 heterocycles. The van der Waals surface area contributed by atoms with Crippen molar-refractivity contribution in [2.75, 3.05) is 13.1 Å². The molecular formula is C25H29NO3. The summed E-state index contributed by atoms with van der Waals surface area (Å²) >= 11 is 0. The summed E-state index contributed by atoms with van der Waals surface area (Å²) in [5, 5.41) is 9.38. The summed E-state index contributed by atoms with van der Waals surface area (Å²) in [7, 11) is 0. The van der Waals surface area contributed by atoms with E-state index in [1.54, 1.807) is 12.1 Å². The Bertz CT molecular complexity index is 912. The van der Waals surface area contributed by atoms with Crippen LogP contribution >= 0.6 is 0 Å². The Morgan fingerprint density at radius 2 is 1.86 bits per heavy atom. The molecule has 0 spiro atoms. The number of carbonyl (C=O) groups is 2. The first kappa shape index (κ1) is 20.8. The standard InChI is InChI=1S/C25H29NO3/c1-17(2)20-11-7-19(8-12-20)9-13-24(27)26-14-4-5-22(16-26)21-10-6-18(3)23(15-21)25(28)29/h6-13,15,17,22H,4-5,14,16H2,1-3H3,(H,28,29)/b13-9+. The fraction of sp³-hybridized carbons (Fsp3) is 0.360. The van der Waals surface area contributed by atoms with E-state index in [-0.39, 0.29) is 11.8 Å². The first-order valence-electron chi connectivity index (χ1n) is 10.3. The highest BCUT2D eigenvalue weighted by molar-refractivity contribution is 5.92. The monoisotopic (exact) mass is 391 g/mol. The summed E-state index contributed by atoms with van der Waals surface area (Å²) < 4.78 is 0. The van der Waals surface area contributed by atoms with Crippen LogP contribution in [0.3, 0.4) is 0 Å². The van der Waals surface area contributed by atoms with E-state index in [0.717, 1.165) is 36.1 Å². The van der Waals surface area contributed by atoms with Crippen LogP contribution in [-0.4, -0.2) is 35.0 Å². The van der Waals surface area contributed by atoms with E-state index < -0.39 is 5.97 Å². The lowest BCUT2D eigenvalue weighted by Crippen LogP contribution is -2.38. The topological polar surface area (TPSA) is 57.6 Å². The highest BCUT2D eigenvalue weighted by Crippen LogP contribution is 2.28. The number of carboxylic acid groups (broad SMARTS) is 1. The number of carboxylic acids is 1. The normalized spacial score (nSPS) is 17.1. The lowest BCUT2D eigenvalue weighted by molar-refractivity contribution is -0.127. The first-order valence-corrected chi connectivity index (χ1v) is 10.3. The van der Waals surface area contributed by atoms with Crippen molar-refractivity contribution in [2.24, 2.45) is 0 Å². The number of rotatable bonds is 5. The molecule has 0 aliphatic carbocycles. The maximum Gasteiger partial charge on any atom is 0.335 e. The lowest BCUT2D eigenvalue weighted by Gasteiger charge is -2.32. The van der Waals surface area contributed by atoms with Gasteiger partial charge in [0.1, 0.15) is 0 Å². The van der Waals surface area contributed by atoms with E-state index in [9.17, 15) is 14.7 Å². The summed E-state index contributed by atoms with van der Waals surface area (Å²) in [4.78, 5) is 26.0. The third kappa shape index (κ3) is 5.14. The molecule has 1 fully saturated rings. The van der Waals surface area contributed by atoms with Crippen molar-refractivity contribution in [1.82, 2.24) is 4.90 Å². The molecule has 0 bridgehead atoms. The van der Waals surface area contributed by atoms with Crippen LogP contribution in [0.2, 0.25) is 0 Å². The quantitative estimate of drug-likeness (QED) is 0.710. The van der Waals surface area contributed by atoms with Gasteiger partial charge in [-0.15, -0.1) is 0 Å². The van der Waals surface area contributed by atoms with Crippen LogP contribution in [0.5, 0.6) is 0 Å². The molecule has 1 N–H and O–H groups in total. The maximum atomic E-state index is 12.7. The summed E-state index contributed by atoms with van der Waals surface area (Å²) in [6.07, 6.45) is 5.39. The number of hydrogen-bond acceptors (Lipinski definition) is 2. The van der Waals surface area contributed by atoms with Crippen LogP contribution in [0, 0.1) is 6.92 Å². The summed E-state index contributed by atoms with van der Waals surface area (Å²) in [5.41, 5.74) is 4.40. The Hall–Kier alpha value is -2.88. The molecule has 1 aliphatic rings. The molecule has 1 unspecified atom stereocenters. The summed E-state index contributed by atoms with van der Waals surface area (Å²) in [6, 6.07) is 13.9. The van der Waals surface area contributed by atoms with Crippen LogP contribution in [0.15, 0.2) is 48.5 Å². The number of aromatic carboxylic acids is 1.